The van der Waals surface area contributed by atoms with Crippen LogP contribution in [0.2, 0.25) is 5.02 Å². The minimum atomic E-state index is -1.20. The number of nitrogens with one attached hydrogen (secondary N) is 3. The van der Waals surface area contributed by atoms with Gasteiger partial charge in [-0.05, 0) is 43.0 Å². The molecule has 0 radical (unpaired) electrons. The number of hydrogen-bond donors (Lipinski definition) is 3. The number of H-pyrrole nitrogens is 1. The molecule has 1 saturated heterocycles. The van der Waals surface area contributed by atoms with Gasteiger partial charge in [0.1, 0.15) is 11.5 Å². The van der Waals surface area contributed by atoms with Gasteiger partial charge in [-0.25, -0.2) is 13.8 Å². The number of piperidine rings is 1. The standard InChI is InChI=1S/C22H21ClF2N6O2.2ClH/c23-15-9-17(25)16(24)8-14(15)21(32)28-19-10-18(29-30-19)22(33)27-12-13-4-5-20(26-11-13)31-6-2-1-3-7-31;;/h4-5,8-11H,1-3,6-7,12H2,(H,27,33)(H2,28,29,30,32);2*1H. The SMILES string of the molecule is Cl.Cl.O=C(NCc1ccc(N2CCCCC2)nc1)c1cc(NC(=O)c2cc(F)c(F)cc2Cl)n[nH]1. The summed E-state index contributed by atoms with van der Waals surface area (Å²) in [5, 5.41) is 11.2. The highest BCUT2D eigenvalue weighted by Gasteiger charge is 2.18. The van der Waals surface area contributed by atoms with Crippen molar-refractivity contribution in [1.29, 1.82) is 0 Å². The van der Waals surface area contributed by atoms with E-state index in [2.05, 4.69) is 30.7 Å². The molecule has 2 amide bonds. The first kappa shape index (κ1) is 28.3. The van der Waals surface area contributed by atoms with E-state index in [1.165, 1.54) is 25.3 Å². The number of anilines is 2. The van der Waals surface area contributed by atoms with Crippen molar-refractivity contribution in [3.63, 3.8) is 0 Å². The zero-order valence-electron chi connectivity index (χ0n) is 18.3. The predicted molar refractivity (Wildman–Crippen MR) is 134 cm³/mol. The third-order valence-corrected chi connectivity index (χ3v) is 5.57. The van der Waals surface area contributed by atoms with E-state index in [1.807, 2.05) is 12.1 Å². The van der Waals surface area contributed by atoms with Crippen LogP contribution in [0.1, 0.15) is 45.7 Å². The smallest absolute Gasteiger partial charge is 0.269 e. The van der Waals surface area contributed by atoms with Crippen molar-refractivity contribution in [1.82, 2.24) is 20.5 Å². The van der Waals surface area contributed by atoms with E-state index in [1.54, 1.807) is 6.20 Å². The Morgan fingerprint density at radius 3 is 2.43 bits per heavy atom. The first-order chi connectivity index (χ1) is 15.9. The van der Waals surface area contributed by atoms with Crippen LogP contribution in [0, 0.1) is 11.6 Å². The van der Waals surface area contributed by atoms with Gasteiger partial charge < -0.3 is 15.5 Å². The summed E-state index contributed by atoms with van der Waals surface area (Å²) in [4.78, 5) is 31.4. The Morgan fingerprint density at radius 1 is 1.03 bits per heavy atom. The van der Waals surface area contributed by atoms with Gasteiger partial charge in [-0.3, -0.25) is 14.7 Å². The minimum Gasteiger partial charge on any atom is -0.357 e. The van der Waals surface area contributed by atoms with E-state index >= 15 is 0 Å². The lowest BCUT2D eigenvalue weighted by Gasteiger charge is -2.27. The molecule has 1 aliphatic rings. The second kappa shape index (κ2) is 12.7. The molecule has 8 nitrogen and oxygen atoms in total. The number of aromatic nitrogens is 3. The summed E-state index contributed by atoms with van der Waals surface area (Å²) < 4.78 is 26.6. The van der Waals surface area contributed by atoms with Crippen molar-refractivity contribution >= 4 is 59.9 Å². The summed E-state index contributed by atoms with van der Waals surface area (Å²) in [5.74, 6) is -2.64. The maximum Gasteiger partial charge on any atom is 0.269 e. The quantitative estimate of drug-likeness (QED) is 0.387. The maximum absolute atomic E-state index is 13.4. The van der Waals surface area contributed by atoms with E-state index in [4.69, 9.17) is 11.6 Å². The number of amides is 2. The van der Waals surface area contributed by atoms with Crippen molar-refractivity contribution in [2.75, 3.05) is 23.3 Å². The van der Waals surface area contributed by atoms with Crippen molar-refractivity contribution in [3.05, 3.63) is 70.0 Å². The van der Waals surface area contributed by atoms with E-state index in [-0.39, 0.29) is 53.5 Å². The molecule has 35 heavy (non-hydrogen) atoms. The van der Waals surface area contributed by atoms with Crippen LogP contribution in [0.4, 0.5) is 20.4 Å². The fourth-order valence-corrected chi connectivity index (χ4v) is 3.73. The van der Waals surface area contributed by atoms with Gasteiger partial charge in [0.05, 0.1) is 10.6 Å². The molecule has 1 fully saturated rings. The van der Waals surface area contributed by atoms with Gasteiger partial charge in [0.2, 0.25) is 0 Å². The Labute approximate surface area is 217 Å². The van der Waals surface area contributed by atoms with Crippen LogP contribution in [-0.4, -0.2) is 40.1 Å². The summed E-state index contributed by atoms with van der Waals surface area (Å²) in [6, 6.07) is 6.58. The van der Waals surface area contributed by atoms with E-state index < -0.39 is 23.4 Å². The number of hydrogen-bond acceptors (Lipinski definition) is 5. The molecule has 1 aromatic carbocycles. The zero-order chi connectivity index (χ0) is 23.4. The lowest BCUT2D eigenvalue weighted by molar-refractivity contribution is 0.0945. The molecule has 13 heteroatoms. The molecule has 0 unspecified atom stereocenters. The topological polar surface area (TPSA) is 103 Å². The van der Waals surface area contributed by atoms with Crippen LogP contribution in [0.3, 0.4) is 0 Å². The first-order valence-electron chi connectivity index (χ1n) is 10.4. The highest BCUT2D eigenvalue weighted by molar-refractivity contribution is 6.34. The highest BCUT2D eigenvalue weighted by atomic mass is 35.5. The van der Waals surface area contributed by atoms with Crippen molar-refractivity contribution < 1.29 is 18.4 Å². The predicted octanol–water partition coefficient (Wildman–Crippen LogP) is 4.75. The van der Waals surface area contributed by atoms with E-state index in [0.717, 1.165) is 24.5 Å². The van der Waals surface area contributed by atoms with Gasteiger partial charge in [0, 0.05) is 31.9 Å². The summed E-state index contributed by atoms with van der Waals surface area (Å²) in [6.07, 6.45) is 5.31. The van der Waals surface area contributed by atoms with Crippen molar-refractivity contribution in [2.24, 2.45) is 0 Å². The van der Waals surface area contributed by atoms with Gasteiger partial charge in [-0.1, -0.05) is 17.7 Å². The molecule has 0 spiro atoms. The number of rotatable bonds is 6. The molecule has 0 aliphatic carbocycles. The molecule has 1 aliphatic heterocycles. The van der Waals surface area contributed by atoms with E-state index in [0.29, 0.717) is 12.1 Å². The van der Waals surface area contributed by atoms with Crippen LogP contribution >= 0.6 is 36.4 Å². The van der Waals surface area contributed by atoms with Crippen LogP contribution in [0.25, 0.3) is 0 Å². The molecular weight excluding hydrogens is 525 g/mol. The molecule has 3 aromatic rings. The fourth-order valence-electron chi connectivity index (χ4n) is 3.49. The molecule has 4 rings (SSSR count). The van der Waals surface area contributed by atoms with Gasteiger partial charge in [-0.2, -0.15) is 5.10 Å². The Hall–Kier alpha value is -2.95. The maximum atomic E-state index is 13.4. The number of halogens is 5. The third kappa shape index (κ3) is 7.03. The number of carbonyl (C=O) groups is 2. The Morgan fingerprint density at radius 2 is 1.74 bits per heavy atom. The van der Waals surface area contributed by atoms with Crippen molar-refractivity contribution in [2.45, 2.75) is 25.8 Å². The summed E-state index contributed by atoms with van der Waals surface area (Å²) in [6.45, 7) is 2.27. The van der Waals surface area contributed by atoms with Gasteiger partial charge in [0.15, 0.2) is 17.5 Å². The molecule has 3 N–H and O–H groups in total. The Bertz CT molecular complexity index is 1170. The molecule has 0 saturated carbocycles. The second-order valence-electron chi connectivity index (χ2n) is 7.62. The number of nitrogens with zero attached hydrogens (tertiary/aromatic N) is 3. The molecule has 0 bridgehead atoms. The molecule has 0 atom stereocenters. The summed E-state index contributed by atoms with van der Waals surface area (Å²) >= 11 is 5.80. The average Bonchev–Trinajstić information content (AvgIpc) is 3.29. The summed E-state index contributed by atoms with van der Waals surface area (Å²) in [5.41, 5.74) is 0.690. The number of benzene rings is 1. The monoisotopic (exact) mass is 546 g/mol. The lowest BCUT2D eigenvalue weighted by atomic mass is 10.1. The van der Waals surface area contributed by atoms with E-state index in [9.17, 15) is 18.4 Å². The Balaban J connectivity index is 0.00000216. The zero-order valence-corrected chi connectivity index (χ0v) is 20.7. The second-order valence-corrected chi connectivity index (χ2v) is 8.03. The van der Waals surface area contributed by atoms with Gasteiger partial charge >= 0.3 is 0 Å². The summed E-state index contributed by atoms with van der Waals surface area (Å²) in [7, 11) is 0. The molecule has 188 valence electrons. The minimum absolute atomic E-state index is 0. The number of aromatic amines is 1. The highest BCUT2D eigenvalue weighted by Crippen LogP contribution is 2.21. The largest absolute Gasteiger partial charge is 0.357 e. The van der Waals surface area contributed by atoms with Crippen LogP contribution in [0.15, 0.2) is 36.5 Å². The third-order valence-electron chi connectivity index (χ3n) is 5.26. The normalized spacial score (nSPS) is 12.8. The number of pyridine rings is 1. The molecule has 2 aromatic heterocycles. The molecular formula is C22H23Cl3F2N6O2. The van der Waals surface area contributed by atoms with Crippen molar-refractivity contribution in [3.8, 4) is 0 Å². The van der Waals surface area contributed by atoms with Gasteiger partial charge in [-0.15, -0.1) is 24.8 Å². The van der Waals surface area contributed by atoms with Gasteiger partial charge in [0.25, 0.3) is 11.8 Å². The first-order valence-corrected chi connectivity index (χ1v) is 10.8. The van der Waals surface area contributed by atoms with Crippen LogP contribution in [-0.2, 0) is 6.54 Å². The lowest BCUT2D eigenvalue weighted by Crippen LogP contribution is -2.30. The average molecular weight is 548 g/mol. The van der Waals surface area contributed by atoms with Crippen LogP contribution < -0.4 is 15.5 Å². The number of carbonyl (C=O) groups excluding carboxylic acids is 2. The fraction of sp³-hybridized carbons (Fsp3) is 0.273. The molecule has 3 heterocycles. The van der Waals surface area contributed by atoms with Crippen LogP contribution in [0.5, 0.6) is 0 Å². The Kier molecular flexibility index (Phi) is 10.2.